The van der Waals surface area contributed by atoms with Crippen molar-refractivity contribution in [3.05, 3.63) is 97.1 Å². The molecule has 2 heteroatoms. The van der Waals surface area contributed by atoms with Crippen LogP contribution >= 0.6 is 12.2 Å². The van der Waals surface area contributed by atoms with Crippen LogP contribution in [0.3, 0.4) is 0 Å². The van der Waals surface area contributed by atoms with Gasteiger partial charge in [-0.3, -0.25) is 0 Å². The Morgan fingerprint density at radius 2 is 1.48 bits per heavy atom. The zero-order chi connectivity index (χ0) is 16.7. The first-order valence-corrected chi connectivity index (χ1v) is 7.93. The van der Waals surface area contributed by atoms with Crippen molar-refractivity contribution >= 4 is 28.4 Å². The van der Waals surface area contributed by atoms with Crippen LogP contribution in [-0.4, -0.2) is 23.5 Å². The molecule has 0 bridgehead atoms. The Hall–Kier alpha value is -2.45. The maximum atomic E-state index is 5.76. The van der Waals surface area contributed by atoms with E-state index in [2.05, 4.69) is 37.4 Å². The van der Waals surface area contributed by atoms with Gasteiger partial charge in [-0.25, -0.2) is 0 Å². The number of hydrogen-bond donors (Lipinski definition) is 0. The number of thiocarbonyl (C=S) groups is 1. The highest BCUT2D eigenvalue weighted by Gasteiger charge is 2.16. The van der Waals surface area contributed by atoms with E-state index in [9.17, 15) is 0 Å². The van der Waals surface area contributed by atoms with Crippen molar-refractivity contribution in [2.45, 2.75) is 0 Å². The number of rotatable bonds is 6. The molecule has 0 amide bonds. The topological polar surface area (TPSA) is 3.24 Å². The first-order chi connectivity index (χ1) is 11.2. The molecule has 0 aromatic heterocycles. The van der Waals surface area contributed by atoms with Crippen molar-refractivity contribution < 1.29 is 0 Å². The van der Waals surface area contributed by atoms with Gasteiger partial charge in [0.05, 0.1) is 0 Å². The van der Waals surface area contributed by atoms with Crippen molar-refractivity contribution in [2.24, 2.45) is 0 Å². The van der Waals surface area contributed by atoms with Crippen LogP contribution in [-0.2, 0) is 0 Å². The molecule has 23 heavy (non-hydrogen) atoms. The Labute approximate surface area is 144 Å². The lowest BCUT2D eigenvalue weighted by atomic mass is 9.94. The standard InChI is InChI=1S/C21H21NS/c1-4-16-22(3)21(23)20(18-14-10-7-11-15-18)19(5-2)17-12-8-6-9-13-17/h4-15H,1-2,16H2,3H3/b20-19+. The summed E-state index contributed by atoms with van der Waals surface area (Å²) in [6.07, 6.45) is 3.73. The predicted octanol–water partition coefficient (Wildman–Crippen LogP) is 5.23. The third kappa shape index (κ3) is 4.05. The van der Waals surface area contributed by atoms with Crippen molar-refractivity contribution in [3.63, 3.8) is 0 Å². The van der Waals surface area contributed by atoms with E-state index in [-0.39, 0.29) is 0 Å². The summed E-state index contributed by atoms with van der Waals surface area (Å²) in [4.78, 5) is 2.81. The van der Waals surface area contributed by atoms with Gasteiger partial charge in [0.25, 0.3) is 0 Å². The van der Waals surface area contributed by atoms with Gasteiger partial charge >= 0.3 is 0 Å². The molecule has 0 N–H and O–H groups in total. The highest BCUT2D eigenvalue weighted by atomic mass is 32.1. The summed E-state index contributed by atoms with van der Waals surface area (Å²) in [7, 11) is 1.98. The molecule has 2 aromatic rings. The van der Waals surface area contributed by atoms with Gasteiger partial charge in [0.2, 0.25) is 0 Å². The van der Waals surface area contributed by atoms with E-state index in [0.29, 0.717) is 6.54 Å². The average Bonchev–Trinajstić information content (AvgIpc) is 2.60. The van der Waals surface area contributed by atoms with E-state index >= 15 is 0 Å². The number of likely N-dealkylation sites (N-methyl/N-ethyl adjacent to an activating group) is 1. The van der Waals surface area contributed by atoms with Crippen molar-refractivity contribution in [2.75, 3.05) is 13.6 Å². The molecular formula is C21H21NS. The third-order valence-corrected chi connectivity index (χ3v) is 4.10. The van der Waals surface area contributed by atoms with E-state index in [4.69, 9.17) is 12.2 Å². The van der Waals surface area contributed by atoms with Crippen LogP contribution in [0.15, 0.2) is 86.0 Å². The molecule has 0 fully saturated rings. The van der Waals surface area contributed by atoms with Gasteiger partial charge in [-0.15, -0.1) is 6.58 Å². The maximum Gasteiger partial charge on any atom is 0.110 e. The summed E-state index contributed by atoms with van der Waals surface area (Å²) in [5, 5.41) is 0. The fourth-order valence-corrected chi connectivity index (χ4v) is 2.75. The number of hydrogen-bond acceptors (Lipinski definition) is 1. The van der Waals surface area contributed by atoms with Crippen LogP contribution in [0, 0.1) is 0 Å². The van der Waals surface area contributed by atoms with Gasteiger partial charge in [0.15, 0.2) is 0 Å². The molecule has 0 unspecified atom stereocenters. The number of nitrogens with zero attached hydrogens (tertiary/aromatic N) is 1. The van der Waals surface area contributed by atoms with Crippen LogP contribution in [0.5, 0.6) is 0 Å². The van der Waals surface area contributed by atoms with Gasteiger partial charge in [-0.2, -0.15) is 0 Å². The second-order valence-corrected chi connectivity index (χ2v) is 5.59. The van der Waals surface area contributed by atoms with Crippen LogP contribution in [0.25, 0.3) is 11.1 Å². The van der Waals surface area contributed by atoms with E-state index < -0.39 is 0 Å². The van der Waals surface area contributed by atoms with Gasteiger partial charge < -0.3 is 4.90 Å². The summed E-state index contributed by atoms with van der Waals surface area (Å²) in [5.74, 6) is 0. The Kier molecular flexibility index (Phi) is 6.07. The van der Waals surface area contributed by atoms with Gasteiger partial charge in [-0.1, -0.05) is 91.6 Å². The van der Waals surface area contributed by atoms with E-state index in [1.54, 1.807) is 0 Å². The van der Waals surface area contributed by atoms with Gasteiger partial charge in [0, 0.05) is 19.2 Å². The maximum absolute atomic E-state index is 5.76. The van der Waals surface area contributed by atoms with Crippen LogP contribution in [0.4, 0.5) is 0 Å². The average molecular weight is 319 g/mol. The number of allylic oxidation sites excluding steroid dienone is 2. The SMILES string of the molecule is C=CCN(C)C(=S)/C(=C(\C=C)c1ccccc1)c1ccccc1. The van der Waals surface area contributed by atoms with Gasteiger partial charge in [0.1, 0.15) is 4.99 Å². The molecule has 0 aliphatic carbocycles. The highest BCUT2D eigenvalue weighted by Crippen LogP contribution is 2.29. The molecule has 0 heterocycles. The first kappa shape index (κ1) is 16.9. The lowest BCUT2D eigenvalue weighted by Gasteiger charge is -2.23. The summed E-state index contributed by atoms with van der Waals surface area (Å²) < 4.78 is 0. The lowest BCUT2D eigenvalue weighted by Crippen LogP contribution is -2.26. The summed E-state index contributed by atoms with van der Waals surface area (Å²) in [6, 6.07) is 20.4. The normalized spacial score (nSPS) is 11.3. The molecule has 0 aliphatic heterocycles. The molecule has 2 aromatic carbocycles. The largest absolute Gasteiger partial charge is 0.362 e. The second-order valence-electron chi connectivity index (χ2n) is 5.20. The quantitative estimate of drug-likeness (QED) is 0.236. The molecule has 0 radical (unpaired) electrons. The molecule has 2 rings (SSSR count). The number of benzene rings is 2. The third-order valence-electron chi connectivity index (χ3n) is 3.58. The second kappa shape index (κ2) is 8.25. The van der Waals surface area contributed by atoms with Crippen molar-refractivity contribution in [3.8, 4) is 0 Å². The Bertz CT molecular complexity index is 714. The van der Waals surface area contributed by atoms with Crippen LogP contribution in [0.1, 0.15) is 11.1 Å². The molecule has 1 nitrogen and oxygen atoms in total. The van der Waals surface area contributed by atoms with Crippen molar-refractivity contribution in [1.29, 1.82) is 0 Å². The van der Waals surface area contributed by atoms with Gasteiger partial charge in [-0.05, 0) is 16.7 Å². The molecule has 0 atom stereocenters. The lowest BCUT2D eigenvalue weighted by molar-refractivity contribution is 0.580. The zero-order valence-corrected chi connectivity index (χ0v) is 14.2. The predicted molar refractivity (Wildman–Crippen MR) is 105 cm³/mol. The monoisotopic (exact) mass is 319 g/mol. The summed E-state index contributed by atoms with van der Waals surface area (Å²) in [5.41, 5.74) is 4.26. The Balaban J connectivity index is 2.65. The molecular weight excluding hydrogens is 298 g/mol. The molecule has 0 aliphatic rings. The highest BCUT2D eigenvalue weighted by molar-refractivity contribution is 7.81. The smallest absolute Gasteiger partial charge is 0.110 e. The Morgan fingerprint density at radius 3 is 1.96 bits per heavy atom. The minimum Gasteiger partial charge on any atom is -0.362 e. The summed E-state index contributed by atoms with van der Waals surface area (Å²) in [6.45, 7) is 8.52. The fourth-order valence-electron chi connectivity index (χ4n) is 2.45. The molecule has 0 saturated carbocycles. The zero-order valence-electron chi connectivity index (χ0n) is 13.4. The van der Waals surface area contributed by atoms with E-state index in [1.165, 1.54) is 0 Å². The fraction of sp³-hybridized carbons (Fsp3) is 0.0952. The van der Waals surface area contributed by atoms with E-state index in [0.717, 1.165) is 27.3 Å². The molecule has 116 valence electrons. The van der Waals surface area contributed by atoms with Crippen LogP contribution in [0.2, 0.25) is 0 Å². The molecule has 0 spiro atoms. The minimum atomic E-state index is 0.703. The summed E-state index contributed by atoms with van der Waals surface area (Å²) >= 11 is 5.76. The van der Waals surface area contributed by atoms with Crippen molar-refractivity contribution in [1.82, 2.24) is 4.90 Å². The molecule has 0 saturated heterocycles. The van der Waals surface area contributed by atoms with E-state index in [1.807, 2.05) is 60.5 Å². The Morgan fingerprint density at radius 1 is 0.957 bits per heavy atom. The minimum absolute atomic E-state index is 0.703. The van der Waals surface area contributed by atoms with Crippen LogP contribution < -0.4 is 0 Å². The first-order valence-electron chi connectivity index (χ1n) is 7.53.